The van der Waals surface area contributed by atoms with Crippen LogP contribution in [-0.2, 0) is 0 Å². The molecule has 1 aromatic carbocycles. The molecule has 0 saturated heterocycles. The van der Waals surface area contributed by atoms with E-state index in [1.54, 1.807) is 38.8 Å². The standard InChI is InChI=1S/C21H15ClF2N4O/c1-28(2)21(29)12-5-11(7-25-8-12)15-9-26-20-18(19(15)22)16(10-27-20)14-4-3-13(23)6-17(14)24/h3-10H,1-2H3,(H,26,27). The molecule has 0 atom stereocenters. The van der Waals surface area contributed by atoms with Gasteiger partial charge >= 0.3 is 0 Å². The van der Waals surface area contributed by atoms with Gasteiger partial charge < -0.3 is 9.88 Å². The molecule has 0 aliphatic heterocycles. The van der Waals surface area contributed by atoms with E-state index in [0.29, 0.717) is 38.3 Å². The molecule has 0 saturated carbocycles. The quantitative estimate of drug-likeness (QED) is 0.519. The number of aromatic amines is 1. The predicted octanol–water partition coefficient (Wildman–Crippen LogP) is 4.93. The zero-order valence-corrected chi connectivity index (χ0v) is 16.3. The highest BCUT2D eigenvalue weighted by Gasteiger charge is 2.19. The highest BCUT2D eigenvalue weighted by atomic mass is 35.5. The molecule has 4 aromatic rings. The Labute approximate surface area is 170 Å². The normalized spacial score (nSPS) is 11.1. The number of benzene rings is 1. The minimum absolute atomic E-state index is 0.194. The van der Waals surface area contributed by atoms with E-state index in [0.717, 1.165) is 6.07 Å². The molecular weight excluding hydrogens is 398 g/mol. The molecule has 0 unspecified atom stereocenters. The van der Waals surface area contributed by atoms with E-state index < -0.39 is 11.6 Å². The number of hydrogen-bond acceptors (Lipinski definition) is 3. The van der Waals surface area contributed by atoms with E-state index in [-0.39, 0.29) is 11.5 Å². The van der Waals surface area contributed by atoms with Crippen molar-refractivity contribution in [1.82, 2.24) is 19.9 Å². The SMILES string of the molecule is CN(C)C(=O)c1cncc(-c2cnc3[nH]cc(-c4ccc(F)cc4F)c3c2Cl)c1. The van der Waals surface area contributed by atoms with Crippen molar-refractivity contribution in [3.63, 3.8) is 0 Å². The number of pyridine rings is 2. The van der Waals surface area contributed by atoms with Gasteiger partial charge in [-0.3, -0.25) is 9.78 Å². The van der Waals surface area contributed by atoms with Crippen molar-refractivity contribution in [2.75, 3.05) is 14.1 Å². The number of amides is 1. The maximum atomic E-state index is 14.3. The molecule has 4 rings (SSSR count). The summed E-state index contributed by atoms with van der Waals surface area (Å²) in [6, 6.07) is 5.03. The number of H-pyrrole nitrogens is 1. The first kappa shape index (κ1) is 19.0. The lowest BCUT2D eigenvalue weighted by Gasteiger charge is -2.12. The zero-order valence-electron chi connectivity index (χ0n) is 15.5. The van der Waals surface area contributed by atoms with E-state index in [9.17, 15) is 13.6 Å². The first-order chi connectivity index (χ1) is 13.9. The highest BCUT2D eigenvalue weighted by Crippen LogP contribution is 2.39. The Bertz CT molecular complexity index is 1250. The average Bonchev–Trinajstić information content (AvgIpc) is 3.12. The van der Waals surface area contributed by atoms with Gasteiger partial charge in [-0.15, -0.1) is 0 Å². The van der Waals surface area contributed by atoms with Crippen LogP contribution in [-0.4, -0.2) is 39.9 Å². The van der Waals surface area contributed by atoms with Crippen LogP contribution < -0.4 is 0 Å². The van der Waals surface area contributed by atoms with Crippen LogP contribution in [0.3, 0.4) is 0 Å². The lowest BCUT2D eigenvalue weighted by molar-refractivity contribution is 0.0827. The van der Waals surface area contributed by atoms with E-state index >= 15 is 0 Å². The molecule has 0 spiro atoms. The van der Waals surface area contributed by atoms with Crippen LogP contribution >= 0.6 is 11.6 Å². The largest absolute Gasteiger partial charge is 0.345 e. The van der Waals surface area contributed by atoms with Gasteiger partial charge in [-0.05, 0) is 18.2 Å². The number of fused-ring (bicyclic) bond motifs is 1. The summed E-state index contributed by atoms with van der Waals surface area (Å²) >= 11 is 6.67. The van der Waals surface area contributed by atoms with Crippen molar-refractivity contribution in [1.29, 1.82) is 0 Å². The number of halogens is 3. The third kappa shape index (κ3) is 3.34. The summed E-state index contributed by atoms with van der Waals surface area (Å²) in [6.45, 7) is 0. The molecule has 5 nitrogen and oxygen atoms in total. The third-order valence-electron chi connectivity index (χ3n) is 4.56. The Hall–Kier alpha value is -3.32. The monoisotopic (exact) mass is 412 g/mol. The number of nitrogens with zero attached hydrogens (tertiary/aromatic N) is 3. The fourth-order valence-corrected chi connectivity index (χ4v) is 3.49. The van der Waals surface area contributed by atoms with Gasteiger partial charge in [0, 0.05) is 72.6 Å². The van der Waals surface area contributed by atoms with Gasteiger partial charge in [0.2, 0.25) is 0 Å². The molecule has 0 aliphatic carbocycles. The molecule has 0 fully saturated rings. The van der Waals surface area contributed by atoms with Crippen molar-refractivity contribution >= 4 is 28.5 Å². The molecule has 29 heavy (non-hydrogen) atoms. The predicted molar refractivity (Wildman–Crippen MR) is 108 cm³/mol. The summed E-state index contributed by atoms with van der Waals surface area (Å²) in [4.78, 5) is 25.2. The van der Waals surface area contributed by atoms with Crippen LogP contribution in [0.15, 0.2) is 49.1 Å². The zero-order chi connectivity index (χ0) is 20.7. The van der Waals surface area contributed by atoms with Crippen LogP contribution in [0.2, 0.25) is 5.02 Å². The highest BCUT2D eigenvalue weighted by molar-refractivity contribution is 6.39. The number of aromatic nitrogens is 3. The minimum Gasteiger partial charge on any atom is -0.345 e. The van der Waals surface area contributed by atoms with Gasteiger partial charge in [0.25, 0.3) is 5.91 Å². The molecular formula is C21H15ClF2N4O. The molecule has 1 N–H and O–H groups in total. The Morgan fingerprint density at radius 1 is 1.07 bits per heavy atom. The summed E-state index contributed by atoms with van der Waals surface area (Å²) < 4.78 is 27.6. The van der Waals surface area contributed by atoms with E-state index in [4.69, 9.17) is 11.6 Å². The smallest absolute Gasteiger partial charge is 0.254 e. The van der Waals surface area contributed by atoms with Crippen molar-refractivity contribution in [3.8, 4) is 22.3 Å². The van der Waals surface area contributed by atoms with Crippen LogP contribution in [0.4, 0.5) is 8.78 Å². The lowest BCUT2D eigenvalue weighted by atomic mass is 10.0. The summed E-state index contributed by atoms with van der Waals surface area (Å²) in [5.74, 6) is -1.56. The first-order valence-electron chi connectivity index (χ1n) is 8.65. The number of carbonyl (C=O) groups is 1. The Balaban J connectivity index is 1.89. The molecule has 0 radical (unpaired) electrons. The molecule has 3 heterocycles. The molecule has 146 valence electrons. The van der Waals surface area contributed by atoms with Gasteiger partial charge in [0.1, 0.15) is 17.3 Å². The number of nitrogens with one attached hydrogen (secondary N) is 1. The Morgan fingerprint density at radius 2 is 1.86 bits per heavy atom. The van der Waals surface area contributed by atoms with Crippen molar-refractivity contribution in [2.45, 2.75) is 0 Å². The molecule has 1 amide bonds. The number of rotatable bonds is 3. The Morgan fingerprint density at radius 3 is 2.59 bits per heavy atom. The van der Waals surface area contributed by atoms with Gasteiger partial charge in [0.05, 0.1) is 10.6 Å². The third-order valence-corrected chi connectivity index (χ3v) is 4.95. The van der Waals surface area contributed by atoms with Gasteiger partial charge in [-0.1, -0.05) is 11.6 Å². The maximum Gasteiger partial charge on any atom is 0.254 e. The maximum absolute atomic E-state index is 14.3. The van der Waals surface area contributed by atoms with E-state index in [2.05, 4.69) is 15.0 Å². The second-order valence-electron chi connectivity index (χ2n) is 6.70. The minimum atomic E-state index is -0.701. The fraction of sp³-hybridized carbons (Fsp3) is 0.0952. The summed E-state index contributed by atoms with van der Waals surface area (Å²) in [6.07, 6.45) is 6.19. The number of hydrogen-bond donors (Lipinski definition) is 1. The summed E-state index contributed by atoms with van der Waals surface area (Å²) in [7, 11) is 3.30. The average molecular weight is 413 g/mol. The summed E-state index contributed by atoms with van der Waals surface area (Å²) in [5.41, 5.74) is 2.68. The van der Waals surface area contributed by atoms with Crippen molar-refractivity contribution in [2.24, 2.45) is 0 Å². The van der Waals surface area contributed by atoms with Crippen molar-refractivity contribution in [3.05, 3.63) is 71.3 Å². The van der Waals surface area contributed by atoms with E-state index in [1.807, 2.05) is 0 Å². The van der Waals surface area contributed by atoms with Gasteiger partial charge in [-0.2, -0.15) is 0 Å². The van der Waals surface area contributed by atoms with Crippen LogP contribution in [0.5, 0.6) is 0 Å². The summed E-state index contributed by atoms with van der Waals surface area (Å²) in [5, 5.41) is 0.824. The topological polar surface area (TPSA) is 61.9 Å². The van der Waals surface area contributed by atoms with Crippen LogP contribution in [0.1, 0.15) is 10.4 Å². The van der Waals surface area contributed by atoms with Crippen LogP contribution in [0, 0.1) is 11.6 Å². The van der Waals surface area contributed by atoms with Gasteiger partial charge in [-0.25, -0.2) is 13.8 Å². The second-order valence-corrected chi connectivity index (χ2v) is 7.08. The van der Waals surface area contributed by atoms with Crippen molar-refractivity contribution < 1.29 is 13.6 Å². The lowest BCUT2D eigenvalue weighted by Crippen LogP contribution is -2.21. The second kappa shape index (κ2) is 7.25. The molecule has 8 heteroatoms. The molecule has 0 aliphatic rings. The first-order valence-corrected chi connectivity index (χ1v) is 9.02. The van der Waals surface area contributed by atoms with Gasteiger partial charge in [0.15, 0.2) is 0 Å². The fourth-order valence-electron chi connectivity index (χ4n) is 3.14. The molecule has 0 bridgehead atoms. The van der Waals surface area contributed by atoms with E-state index in [1.165, 1.54) is 23.2 Å². The molecule has 3 aromatic heterocycles. The van der Waals surface area contributed by atoms with Crippen LogP contribution in [0.25, 0.3) is 33.3 Å². The Kier molecular flexibility index (Phi) is 4.76. The number of carbonyl (C=O) groups excluding carboxylic acids is 1.